The highest BCUT2D eigenvalue weighted by atomic mass is 35.5. The van der Waals surface area contributed by atoms with Crippen LogP contribution in [0.25, 0.3) is 0 Å². The van der Waals surface area contributed by atoms with Crippen molar-refractivity contribution >= 4 is 17.6 Å². The normalized spacial score (nSPS) is 11.6. The van der Waals surface area contributed by atoms with Crippen molar-refractivity contribution in [2.45, 2.75) is 19.4 Å². The quantitative estimate of drug-likeness (QED) is 0.876. The molecule has 1 N–H and O–H groups in total. The predicted molar refractivity (Wildman–Crippen MR) is 58.5 cm³/mol. The smallest absolute Gasteiger partial charge is 0.307 e. The number of carboxylic acid groups (broad SMARTS) is 1. The number of nitrogens with zero attached hydrogens (tertiary/aromatic N) is 1. The van der Waals surface area contributed by atoms with Crippen molar-refractivity contribution in [1.82, 2.24) is 0 Å². The van der Waals surface area contributed by atoms with Crippen LogP contribution < -0.4 is 4.74 Å². The number of carboxylic acids is 1. The van der Waals surface area contributed by atoms with E-state index in [2.05, 4.69) is 0 Å². The lowest BCUT2D eigenvalue weighted by Crippen LogP contribution is -2.16. The van der Waals surface area contributed by atoms with Crippen molar-refractivity contribution in [3.8, 4) is 11.8 Å². The molecule has 0 saturated heterocycles. The lowest BCUT2D eigenvalue weighted by Gasteiger charge is -2.13. The Kier molecular flexibility index (Phi) is 4.15. The zero-order valence-corrected chi connectivity index (χ0v) is 9.36. The van der Waals surface area contributed by atoms with E-state index in [4.69, 9.17) is 26.7 Å². The first kappa shape index (κ1) is 12.3. The third kappa shape index (κ3) is 3.44. The van der Waals surface area contributed by atoms with Gasteiger partial charge in [-0.05, 0) is 25.1 Å². The van der Waals surface area contributed by atoms with Crippen LogP contribution >= 0.6 is 11.6 Å². The Bertz CT molecular complexity index is 439. The van der Waals surface area contributed by atoms with Gasteiger partial charge >= 0.3 is 5.97 Å². The molecule has 4 nitrogen and oxygen atoms in total. The van der Waals surface area contributed by atoms with Crippen LogP contribution in [0.15, 0.2) is 18.2 Å². The van der Waals surface area contributed by atoms with Gasteiger partial charge in [0.2, 0.25) is 0 Å². The number of benzene rings is 1. The molecule has 0 amide bonds. The van der Waals surface area contributed by atoms with E-state index in [1.54, 1.807) is 19.1 Å². The van der Waals surface area contributed by atoms with Gasteiger partial charge in [-0.2, -0.15) is 5.26 Å². The second kappa shape index (κ2) is 5.38. The first-order valence-corrected chi connectivity index (χ1v) is 4.99. The van der Waals surface area contributed by atoms with Crippen LogP contribution in [0.3, 0.4) is 0 Å². The fourth-order valence-corrected chi connectivity index (χ4v) is 1.40. The number of carbonyl (C=O) groups is 1. The number of nitriles is 1. The van der Waals surface area contributed by atoms with E-state index in [-0.39, 0.29) is 6.42 Å². The summed E-state index contributed by atoms with van der Waals surface area (Å²) in [5.74, 6) is -0.549. The van der Waals surface area contributed by atoms with E-state index < -0.39 is 12.1 Å². The van der Waals surface area contributed by atoms with E-state index >= 15 is 0 Å². The molecule has 0 heterocycles. The molecule has 0 bridgehead atoms. The van der Waals surface area contributed by atoms with Crippen LogP contribution in [0.5, 0.6) is 5.75 Å². The summed E-state index contributed by atoms with van der Waals surface area (Å²) in [6, 6.07) is 6.54. The zero-order chi connectivity index (χ0) is 12.1. The lowest BCUT2D eigenvalue weighted by molar-refractivity contribution is -0.138. The summed E-state index contributed by atoms with van der Waals surface area (Å²) in [5.41, 5.74) is 0.434. The first-order valence-electron chi connectivity index (χ1n) is 4.61. The van der Waals surface area contributed by atoms with Gasteiger partial charge in [-0.15, -0.1) is 0 Å². The van der Waals surface area contributed by atoms with Gasteiger partial charge in [0.15, 0.2) is 0 Å². The summed E-state index contributed by atoms with van der Waals surface area (Å²) < 4.78 is 5.33. The van der Waals surface area contributed by atoms with Crippen molar-refractivity contribution in [3.05, 3.63) is 28.8 Å². The van der Waals surface area contributed by atoms with Crippen LogP contribution in [0.4, 0.5) is 0 Å². The Hall–Kier alpha value is -1.73. The minimum atomic E-state index is -0.933. The van der Waals surface area contributed by atoms with Gasteiger partial charge in [-0.25, -0.2) is 0 Å². The van der Waals surface area contributed by atoms with Gasteiger partial charge < -0.3 is 9.84 Å². The van der Waals surface area contributed by atoms with Gasteiger partial charge in [0.25, 0.3) is 0 Å². The number of aliphatic carboxylic acids is 1. The Labute approximate surface area is 98.0 Å². The Morgan fingerprint density at radius 3 is 2.88 bits per heavy atom. The minimum Gasteiger partial charge on any atom is -0.489 e. The van der Waals surface area contributed by atoms with Crippen LogP contribution in [0.2, 0.25) is 5.02 Å². The summed E-state index contributed by atoms with van der Waals surface area (Å²) in [5, 5.41) is 17.5. The highest BCUT2D eigenvalue weighted by Gasteiger charge is 2.11. The maximum atomic E-state index is 10.4. The van der Waals surface area contributed by atoms with E-state index in [1.807, 2.05) is 6.07 Å². The van der Waals surface area contributed by atoms with Crippen molar-refractivity contribution in [2.75, 3.05) is 0 Å². The first-order chi connectivity index (χ1) is 7.52. The molecule has 0 aliphatic rings. The van der Waals surface area contributed by atoms with E-state index in [0.717, 1.165) is 0 Å². The van der Waals surface area contributed by atoms with Crippen LogP contribution in [0.1, 0.15) is 18.9 Å². The van der Waals surface area contributed by atoms with Crippen LogP contribution in [-0.4, -0.2) is 17.2 Å². The molecular weight excluding hydrogens is 230 g/mol. The summed E-state index contributed by atoms with van der Waals surface area (Å²) in [6.45, 7) is 1.64. The largest absolute Gasteiger partial charge is 0.489 e. The third-order valence-electron chi connectivity index (χ3n) is 1.85. The number of hydrogen-bond acceptors (Lipinski definition) is 3. The number of rotatable bonds is 4. The molecule has 0 saturated carbocycles. The average Bonchev–Trinajstić information content (AvgIpc) is 2.19. The maximum absolute atomic E-state index is 10.4. The molecule has 1 rings (SSSR count). The van der Waals surface area contributed by atoms with Crippen LogP contribution in [-0.2, 0) is 4.79 Å². The summed E-state index contributed by atoms with van der Waals surface area (Å²) in [7, 11) is 0. The highest BCUT2D eigenvalue weighted by molar-refractivity contribution is 6.32. The molecule has 0 fully saturated rings. The van der Waals surface area contributed by atoms with E-state index in [1.165, 1.54) is 6.07 Å². The molecule has 1 atom stereocenters. The number of hydrogen-bond donors (Lipinski definition) is 1. The maximum Gasteiger partial charge on any atom is 0.307 e. The highest BCUT2D eigenvalue weighted by Crippen LogP contribution is 2.26. The summed E-state index contributed by atoms with van der Waals surface area (Å²) in [4.78, 5) is 10.4. The molecule has 5 heteroatoms. The minimum absolute atomic E-state index is 0.101. The average molecular weight is 240 g/mol. The standard InChI is InChI=1S/C11H10ClNO3/c1-7(4-11(14)15)16-10-3-2-8(6-13)5-9(10)12/h2-3,5,7H,4H2,1H3,(H,14,15). The van der Waals surface area contributed by atoms with Crippen molar-refractivity contribution in [3.63, 3.8) is 0 Å². The second-order valence-corrected chi connectivity index (χ2v) is 3.69. The molecule has 0 spiro atoms. The summed E-state index contributed by atoms with van der Waals surface area (Å²) in [6.07, 6.45) is -0.570. The zero-order valence-electron chi connectivity index (χ0n) is 8.61. The predicted octanol–water partition coefficient (Wildman–Crippen LogP) is 2.45. The van der Waals surface area contributed by atoms with Crippen molar-refractivity contribution in [2.24, 2.45) is 0 Å². The molecule has 1 unspecified atom stereocenters. The van der Waals surface area contributed by atoms with Crippen LogP contribution in [0, 0.1) is 11.3 Å². The molecule has 16 heavy (non-hydrogen) atoms. The Balaban J connectivity index is 2.75. The fourth-order valence-electron chi connectivity index (χ4n) is 1.17. The number of halogens is 1. The molecule has 1 aromatic rings. The van der Waals surface area contributed by atoms with E-state index in [0.29, 0.717) is 16.3 Å². The summed E-state index contributed by atoms with van der Waals surface area (Å²) >= 11 is 5.87. The molecule has 0 radical (unpaired) electrons. The topological polar surface area (TPSA) is 70.3 Å². The lowest BCUT2D eigenvalue weighted by atomic mass is 10.2. The van der Waals surface area contributed by atoms with Gasteiger partial charge in [0, 0.05) is 0 Å². The monoisotopic (exact) mass is 239 g/mol. The Morgan fingerprint density at radius 1 is 1.69 bits per heavy atom. The van der Waals surface area contributed by atoms with Gasteiger partial charge in [-0.1, -0.05) is 11.6 Å². The molecule has 0 aromatic heterocycles. The molecule has 1 aromatic carbocycles. The van der Waals surface area contributed by atoms with Crippen molar-refractivity contribution in [1.29, 1.82) is 5.26 Å². The second-order valence-electron chi connectivity index (χ2n) is 3.28. The molecule has 0 aliphatic heterocycles. The molecular formula is C11H10ClNO3. The van der Waals surface area contributed by atoms with Gasteiger partial charge in [0.05, 0.1) is 23.1 Å². The van der Waals surface area contributed by atoms with E-state index in [9.17, 15) is 4.79 Å². The molecule has 0 aliphatic carbocycles. The molecule has 84 valence electrons. The fraction of sp³-hybridized carbons (Fsp3) is 0.273. The Morgan fingerprint density at radius 2 is 2.38 bits per heavy atom. The van der Waals surface area contributed by atoms with Gasteiger partial charge in [0.1, 0.15) is 11.9 Å². The number of ether oxygens (including phenoxy) is 1. The van der Waals surface area contributed by atoms with Crippen molar-refractivity contribution < 1.29 is 14.6 Å². The third-order valence-corrected chi connectivity index (χ3v) is 2.15. The SMILES string of the molecule is CC(CC(=O)O)Oc1ccc(C#N)cc1Cl. The van der Waals surface area contributed by atoms with Gasteiger partial charge in [-0.3, -0.25) is 4.79 Å².